The maximum atomic E-state index is 12.2. The molecule has 0 aromatic heterocycles. The highest BCUT2D eigenvalue weighted by Gasteiger charge is 2.52. The summed E-state index contributed by atoms with van der Waals surface area (Å²) in [6, 6.07) is 0.365. The predicted octanol–water partition coefficient (Wildman–Crippen LogP) is 0.666. The number of carbonyl (C=O) groups is 2. The molecule has 2 atom stereocenters. The molecule has 4 heteroatoms. The summed E-state index contributed by atoms with van der Waals surface area (Å²) in [7, 11) is 0. The van der Waals surface area contributed by atoms with Gasteiger partial charge in [0.1, 0.15) is 5.54 Å². The first-order chi connectivity index (χ1) is 7.09. The van der Waals surface area contributed by atoms with Crippen molar-refractivity contribution in [1.82, 2.24) is 10.2 Å². The molecular formula is C11H18N2O2. The minimum absolute atomic E-state index is 0.105. The summed E-state index contributed by atoms with van der Waals surface area (Å²) in [6.45, 7) is 4.31. The highest BCUT2D eigenvalue weighted by atomic mass is 16.2. The number of nitrogens with one attached hydrogen (secondary N) is 1. The van der Waals surface area contributed by atoms with Gasteiger partial charge in [0, 0.05) is 19.5 Å². The van der Waals surface area contributed by atoms with Crippen LogP contribution < -0.4 is 5.32 Å². The molecule has 2 fully saturated rings. The Labute approximate surface area is 90.0 Å². The Morgan fingerprint density at radius 3 is 2.93 bits per heavy atom. The Kier molecular flexibility index (Phi) is 2.44. The first kappa shape index (κ1) is 10.5. The normalized spacial score (nSPS) is 34.4. The Bertz CT molecular complexity index is 303. The molecule has 2 rings (SSSR count). The molecular weight excluding hydrogens is 192 g/mol. The average Bonchev–Trinajstić information content (AvgIpc) is 2.70. The first-order valence-corrected chi connectivity index (χ1v) is 5.69. The lowest BCUT2D eigenvalue weighted by Gasteiger charge is -2.27. The van der Waals surface area contributed by atoms with Crippen LogP contribution in [0.1, 0.15) is 39.5 Å². The van der Waals surface area contributed by atoms with E-state index in [0.717, 1.165) is 25.8 Å². The highest BCUT2D eigenvalue weighted by molar-refractivity contribution is 5.93. The maximum Gasteiger partial charge on any atom is 0.248 e. The molecule has 0 bridgehead atoms. The molecule has 4 nitrogen and oxygen atoms in total. The lowest BCUT2D eigenvalue weighted by molar-refractivity contribution is -0.136. The molecule has 0 radical (unpaired) electrons. The van der Waals surface area contributed by atoms with E-state index in [4.69, 9.17) is 0 Å². The van der Waals surface area contributed by atoms with Crippen LogP contribution in [0.5, 0.6) is 0 Å². The largest absolute Gasteiger partial charge is 0.342 e. The van der Waals surface area contributed by atoms with Crippen LogP contribution in [0.2, 0.25) is 0 Å². The van der Waals surface area contributed by atoms with Crippen LogP contribution in [-0.2, 0) is 9.59 Å². The van der Waals surface area contributed by atoms with E-state index >= 15 is 0 Å². The number of amides is 2. The molecule has 15 heavy (non-hydrogen) atoms. The Hall–Kier alpha value is -1.06. The van der Waals surface area contributed by atoms with Crippen molar-refractivity contribution in [3.63, 3.8) is 0 Å². The van der Waals surface area contributed by atoms with E-state index < -0.39 is 5.54 Å². The van der Waals surface area contributed by atoms with Crippen LogP contribution in [0, 0.1) is 0 Å². The van der Waals surface area contributed by atoms with Gasteiger partial charge < -0.3 is 10.2 Å². The van der Waals surface area contributed by atoms with Crippen molar-refractivity contribution >= 4 is 11.8 Å². The molecule has 0 aliphatic carbocycles. The van der Waals surface area contributed by atoms with Gasteiger partial charge in [0.2, 0.25) is 11.8 Å². The summed E-state index contributed by atoms with van der Waals surface area (Å²) in [5.41, 5.74) is -0.600. The number of carbonyl (C=O) groups excluding carboxylic acids is 2. The van der Waals surface area contributed by atoms with Crippen LogP contribution in [0.15, 0.2) is 0 Å². The van der Waals surface area contributed by atoms with E-state index in [1.54, 1.807) is 0 Å². The van der Waals surface area contributed by atoms with Gasteiger partial charge in [-0.15, -0.1) is 0 Å². The van der Waals surface area contributed by atoms with Gasteiger partial charge >= 0.3 is 0 Å². The second kappa shape index (κ2) is 3.51. The van der Waals surface area contributed by atoms with Gasteiger partial charge in [0.25, 0.3) is 0 Å². The summed E-state index contributed by atoms with van der Waals surface area (Å²) < 4.78 is 0. The quantitative estimate of drug-likeness (QED) is 0.728. The Balaban J connectivity index is 2.21. The maximum absolute atomic E-state index is 12.2. The average molecular weight is 210 g/mol. The lowest BCUT2D eigenvalue weighted by Crippen LogP contribution is -2.53. The predicted molar refractivity (Wildman–Crippen MR) is 56.2 cm³/mol. The zero-order valence-corrected chi connectivity index (χ0v) is 9.38. The minimum atomic E-state index is -0.600. The number of fused-ring (bicyclic) bond motifs is 1. The van der Waals surface area contributed by atoms with Crippen molar-refractivity contribution in [2.24, 2.45) is 0 Å². The van der Waals surface area contributed by atoms with Gasteiger partial charge in [-0.1, -0.05) is 6.92 Å². The molecule has 84 valence electrons. The van der Waals surface area contributed by atoms with E-state index in [0.29, 0.717) is 12.5 Å². The highest BCUT2D eigenvalue weighted by Crippen LogP contribution is 2.37. The van der Waals surface area contributed by atoms with E-state index in [-0.39, 0.29) is 11.8 Å². The molecule has 2 aliphatic rings. The summed E-state index contributed by atoms with van der Waals surface area (Å²) in [4.78, 5) is 25.3. The lowest BCUT2D eigenvalue weighted by atomic mass is 9.90. The fraction of sp³-hybridized carbons (Fsp3) is 0.818. The van der Waals surface area contributed by atoms with Crippen LogP contribution in [0.4, 0.5) is 0 Å². The third-order valence-corrected chi connectivity index (χ3v) is 3.65. The van der Waals surface area contributed by atoms with Crippen LogP contribution in [-0.4, -0.2) is 34.8 Å². The fourth-order valence-electron chi connectivity index (χ4n) is 2.91. The first-order valence-electron chi connectivity index (χ1n) is 5.69. The van der Waals surface area contributed by atoms with Crippen LogP contribution >= 0.6 is 0 Å². The fourth-order valence-corrected chi connectivity index (χ4v) is 2.91. The van der Waals surface area contributed by atoms with E-state index in [2.05, 4.69) is 5.32 Å². The molecule has 1 N–H and O–H groups in total. The molecule has 0 aromatic carbocycles. The monoisotopic (exact) mass is 210 g/mol. The van der Waals surface area contributed by atoms with Gasteiger partial charge in [0.05, 0.1) is 0 Å². The molecule has 0 spiro atoms. The van der Waals surface area contributed by atoms with Gasteiger partial charge in [-0.2, -0.15) is 0 Å². The molecule has 0 aromatic rings. The molecule has 2 heterocycles. The van der Waals surface area contributed by atoms with Gasteiger partial charge in [-0.3, -0.25) is 9.59 Å². The summed E-state index contributed by atoms with van der Waals surface area (Å²) in [5, 5.41) is 2.85. The van der Waals surface area contributed by atoms with Gasteiger partial charge in [-0.25, -0.2) is 0 Å². The standard InChI is InChI=1S/C11H18N2O2/c1-3-11(12-8(2)14)7-9-5-4-6-13(9)10(11)15/h9H,3-7H2,1-2H3,(H,12,14). The third-order valence-electron chi connectivity index (χ3n) is 3.65. The zero-order chi connectivity index (χ0) is 11.1. The molecule has 2 amide bonds. The summed E-state index contributed by atoms with van der Waals surface area (Å²) >= 11 is 0. The number of hydrogen-bond donors (Lipinski definition) is 1. The zero-order valence-electron chi connectivity index (χ0n) is 9.38. The van der Waals surface area contributed by atoms with E-state index in [1.165, 1.54) is 6.92 Å². The number of nitrogens with zero attached hydrogens (tertiary/aromatic N) is 1. The smallest absolute Gasteiger partial charge is 0.248 e. The Morgan fingerprint density at radius 1 is 1.67 bits per heavy atom. The van der Waals surface area contributed by atoms with Crippen molar-refractivity contribution in [2.45, 2.75) is 51.1 Å². The van der Waals surface area contributed by atoms with Crippen molar-refractivity contribution in [3.05, 3.63) is 0 Å². The van der Waals surface area contributed by atoms with Crippen LogP contribution in [0.25, 0.3) is 0 Å². The molecule has 0 saturated carbocycles. The third kappa shape index (κ3) is 1.52. The van der Waals surface area contributed by atoms with Gasteiger partial charge in [0.15, 0.2) is 0 Å². The van der Waals surface area contributed by atoms with Crippen LogP contribution in [0.3, 0.4) is 0 Å². The van der Waals surface area contributed by atoms with Crippen molar-refractivity contribution in [1.29, 1.82) is 0 Å². The second-order valence-corrected chi connectivity index (χ2v) is 4.62. The topological polar surface area (TPSA) is 49.4 Å². The van der Waals surface area contributed by atoms with E-state index in [1.807, 2.05) is 11.8 Å². The summed E-state index contributed by atoms with van der Waals surface area (Å²) in [5.74, 6) is 0.0223. The van der Waals surface area contributed by atoms with Crippen molar-refractivity contribution in [2.75, 3.05) is 6.54 Å². The second-order valence-electron chi connectivity index (χ2n) is 4.62. The summed E-state index contributed by atoms with van der Waals surface area (Å²) in [6.07, 6.45) is 3.68. The minimum Gasteiger partial charge on any atom is -0.342 e. The van der Waals surface area contributed by atoms with Crippen molar-refractivity contribution < 1.29 is 9.59 Å². The molecule has 2 aliphatic heterocycles. The SMILES string of the molecule is CCC1(NC(C)=O)CC2CCCN2C1=O. The van der Waals surface area contributed by atoms with Gasteiger partial charge in [-0.05, 0) is 25.7 Å². The van der Waals surface area contributed by atoms with Crippen molar-refractivity contribution in [3.8, 4) is 0 Å². The molecule has 2 saturated heterocycles. The molecule has 2 unspecified atom stereocenters. The van der Waals surface area contributed by atoms with E-state index in [9.17, 15) is 9.59 Å². The number of hydrogen-bond acceptors (Lipinski definition) is 2. The Morgan fingerprint density at radius 2 is 2.40 bits per heavy atom. The number of rotatable bonds is 2.